The molecule has 2 rings (SSSR count). The molecular formula is C12H16N2S. The molecule has 1 aliphatic rings. The first-order valence-corrected chi connectivity index (χ1v) is 6.09. The smallest absolute Gasteiger partial charge is 0.161 e. The maximum Gasteiger partial charge on any atom is 0.161 e. The Morgan fingerprint density at radius 2 is 2.00 bits per heavy atom. The zero-order valence-electron chi connectivity index (χ0n) is 9.37. The number of amidine groups is 1. The fourth-order valence-corrected chi connectivity index (χ4v) is 2.50. The molecular weight excluding hydrogens is 204 g/mol. The number of aliphatic imine (C=N–C) groups is 1. The summed E-state index contributed by atoms with van der Waals surface area (Å²) in [6.07, 6.45) is 0. The third kappa shape index (κ3) is 2.34. The molecule has 0 radical (unpaired) electrons. The van der Waals surface area contributed by atoms with E-state index in [0.29, 0.717) is 5.25 Å². The highest BCUT2D eigenvalue weighted by Crippen LogP contribution is 2.25. The average Bonchev–Trinajstić information content (AvgIpc) is 2.58. The lowest BCUT2D eigenvalue weighted by molar-refractivity contribution is 0.976. The quantitative estimate of drug-likeness (QED) is 0.786. The average molecular weight is 220 g/mol. The van der Waals surface area contributed by atoms with Crippen molar-refractivity contribution in [3.05, 3.63) is 29.3 Å². The van der Waals surface area contributed by atoms with Gasteiger partial charge in [-0.25, -0.2) is 0 Å². The van der Waals surface area contributed by atoms with Gasteiger partial charge in [0.15, 0.2) is 5.17 Å². The van der Waals surface area contributed by atoms with Crippen LogP contribution in [0.3, 0.4) is 0 Å². The van der Waals surface area contributed by atoms with E-state index in [4.69, 9.17) is 0 Å². The van der Waals surface area contributed by atoms with E-state index in [-0.39, 0.29) is 0 Å². The van der Waals surface area contributed by atoms with Crippen molar-refractivity contribution in [2.45, 2.75) is 26.0 Å². The number of para-hydroxylation sites is 1. The zero-order valence-corrected chi connectivity index (χ0v) is 10.2. The van der Waals surface area contributed by atoms with E-state index in [2.05, 4.69) is 49.3 Å². The monoisotopic (exact) mass is 220 g/mol. The lowest BCUT2D eigenvalue weighted by atomic mass is 10.1. The second-order valence-corrected chi connectivity index (χ2v) is 5.39. The van der Waals surface area contributed by atoms with Crippen LogP contribution in [0, 0.1) is 13.8 Å². The van der Waals surface area contributed by atoms with Crippen LogP contribution in [-0.2, 0) is 0 Å². The van der Waals surface area contributed by atoms with E-state index < -0.39 is 0 Å². The van der Waals surface area contributed by atoms with E-state index in [1.165, 1.54) is 16.8 Å². The van der Waals surface area contributed by atoms with Crippen LogP contribution in [0.15, 0.2) is 23.2 Å². The molecule has 1 heterocycles. The second kappa shape index (κ2) is 4.27. The normalized spacial score (nSPS) is 20.2. The molecule has 0 bridgehead atoms. The van der Waals surface area contributed by atoms with Crippen molar-refractivity contribution in [1.82, 2.24) is 0 Å². The van der Waals surface area contributed by atoms with Crippen LogP contribution in [0.5, 0.6) is 0 Å². The molecule has 0 aromatic heterocycles. The van der Waals surface area contributed by atoms with Gasteiger partial charge in [0.05, 0.1) is 6.54 Å². The fraction of sp³-hybridized carbons (Fsp3) is 0.417. The highest BCUT2D eigenvalue weighted by Gasteiger charge is 2.15. The first-order valence-electron chi connectivity index (χ1n) is 5.21. The number of rotatable bonds is 1. The molecule has 0 aliphatic carbocycles. The van der Waals surface area contributed by atoms with Gasteiger partial charge in [-0.1, -0.05) is 36.9 Å². The first kappa shape index (κ1) is 10.6. The molecule has 15 heavy (non-hydrogen) atoms. The number of benzene rings is 1. The maximum atomic E-state index is 4.46. The van der Waals surface area contributed by atoms with Crippen molar-refractivity contribution in [1.29, 1.82) is 0 Å². The molecule has 3 heteroatoms. The summed E-state index contributed by atoms with van der Waals surface area (Å²) in [5, 5.41) is 5.08. The fourth-order valence-electron chi connectivity index (χ4n) is 1.66. The number of anilines is 1. The van der Waals surface area contributed by atoms with Crippen LogP contribution < -0.4 is 5.32 Å². The molecule has 0 spiro atoms. The van der Waals surface area contributed by atoms with Gasteiger partial charge in [-0.2, -0.15) is 0 Å². The Bertz CT molecular complexity index is 378. The Balaban J connectivity index is 2.18. The van der Waals surface area contributed by atoms with Crippen molar-refractivity contribution in [2.24, 2.45) is 4.99 Å². The molecule has 0 fully saturated rings. The second-order valence-electron chi connectivity index (χ2n) is 3.97. The molecule has 0 saturated carbocycles. The highest BCUT2D eigenvalue weighted by molar-refractivity contribution is 8.15. The SMILES string of the molecule is Cc1cccc(C)c1NC1=NC[C@H](C)S1. The lowest BCUT2D eigenvalue weighted by Gasteiger charge is -2.11. The van der Waals surface area contributed by atoms with Gasteiger partial charge in [-0.3, -0.25) is 4.99 Å². The van der Waals surface area contributed by atoms with Gasteiger partial charge in [0, 0.05) is 10.9 Å². The Labute approximate surface area is 95.2 Å². The van der Waals surface area contributed by atoms with Crippen LogP contribution in [0.25, 0.3) is 0 Å². The molecule has 0 saturated heterocycles. The van der Waals surface area contributed by atoms with Gasteiger partial charge in [0.1, 0.15) is 0 Å². The minimum absolute atomic E-state index is 0.608. The van der Waals surface area contributed by atoms with Gasteiger partial charge in [-0.05, 0) is 25.0 Å². The molecule has 1 aromatic rings. The summed E-state index contributed by atoms with van der Waals surface area (Å²) in [4.78, 5) is 4.46. The number of nitrogens with zero attached hydrogens (tertiary/aromatic N) is 1. The molecule has 2 nitrogen and oxygen atoms in total. The van der Waals surface area contributed by atoms with Crippen molar-refractivity contribution in [2.75, 3.05) is 11.9 Å². The van der Waals surface area contributed by atoms with E-state index in [1.54, 1.807) is 0 Å². The molecule has 1 N–H and O–H groups in total. The minimum atomic E-state index is 0.608. The number of hydrogen-bond donors (Lipinski definition) is 1. The third-order valence-electron chi connectivity index (χ3n) is 2.52. The summed E-state index contributed by atoms with van der Waals surface area (Å²) >= 11 is 1.82. The first-order chi connectivity index (χ1) is 7.16. The van der Waals surface area contributed by atoms with E-state index in [9.17, 15) is 0 Å². The molecule has 1 atom stereocenters. The largest absolute Gasteiger partial charge is 0.335 e. The molecule has 0 amide bonds. The van der Waals surface area contributed by atoms with Crippen molar-refractivity contribution in [3.63, 3.8) is 0 Å². The van der Waals surface area contributed by atoms with Crippen LogP contribution >= 0.6 is 11.8 Å². The van der Waals surface area contributed by atoms with Crippen molar-refractivity contribution >= 4 is 22.6 Å². The lowest BCUT2D eigenvalue weighted by Crippen LogP contribution is -2.08. The van der Waals surface area contributed by atoms with Crippen LogP contribution in [0.2, 0.25) is 0 Å². The van der Waals surface area contributed by atoms with Crippen LogP contribution in [0.4, 0.5) is 5.69 Å². The Kier molecular flexibility index (Phi) is 3.00. The van der Waals surface area contributed by atoms with E-state index in [0.717, 1.165) is 11.7 Å². The number of nitrogens with one attached hydrogen (secondary N) is 1. The van der Waals surface area contributed by atoms with Gasteiger partial charge >= 0.3 is 0 Å². The van der Waals surface area contributed by atoms with Gasteiger partial charge in [0.2, 0.25) is 0 Å². The van der Waals surface area contributed by atoms with Gasteiger partial charge in [-0.15, -0.1) is 0 Å². The predicted octanol–water partition coefficient (Wildman–Crippen LogP) is 3.21. The van der Waals surface area contributed by atoms with Gasteiger partial charge < -0.3 is 5.32 Å². The standard InChI is InChI=1S/C12H16N2S/c1-8-5-4-6-9(2)11(8)14-12-13-7-10(3)15-12/h4-6,10H,7H2,1-3H3,(H,13,14)/t10-/m0/s1. The van der Waals surface area contributed by atoms with Crippen molar-refractivity contribution in [3.8, 4) is 0 Å². The summed E-state index contributed by atoms with van der Waals surface area (Å²) in [6, 6.07) is 6.33. The number of hydrogen-bond acceptors (Lipinski definition) is 3. The minimum Gasteiger partial charge on any atom is -0.335 e. The van der Waals surface area contributed by atoms with E-state index in [1.807, 2.05) is 11.8 Å². The number of aryl methyl sites for hydroxylation is 2. The zero-order chi connectivity index (χ0) is 10.8. The third-order valence-corrected chi connectivity index (χ3v) is 3.52. The Morgan fingerprint density at radius 1 is 1.33 bits per heavy atom. The summed E-state index contributed by atoms with van der Waals surface area (Å²) in [5.74, 6) is 0. The van der Waals surface area contributed by atoms with E-state index >= 15 is 0 Å². The molecule has 1 aromatic carbocycles. The molecule has 80 valence electrons. The summed E-state index contributed by atoms with van der Waals surface area (Å²) < 4.78 is 0. The molecule has 1 aliphatic heterocycles. The topological polar surface area (TPSA) is 24.4 Å². The van der Waals surface area contributed by atoms with Crippen LogP contribution in [-0.4, -0.2) is 17.0 Å². The number of thioether (sulfide) groups is 1. The maximum absolute atomic E-state index is 4.46. The highest BCUT2D eigenvalue weighted by atomic mass is 32.2. The summed E-state index contributed by atoms with van der Waals surface area (Å²) in [7, 11) is 0. The van der Waals surface area contributed by atoms with Crippen LogP contribution in [0.1, 0.15) is 18.1 Å². The Morgan fingerprint density at radius 3 is 2.53 bits per heavy atom. The van der Waals surface area contributed by atoms with Gasteiger partial charge in [0.25, 0.3) is 0 Å². The Hall–Kier alpha value is -0.960. The van der Waals surface area contributed by atoms with Crippen molar-refractivity contribution < 1.29 is 0 Å². The summed E-state index contributed by atoms with van der Waals surface area (Å²) in [5.41, 5.74) is 3.76. The summed E-state index contributed by atoms with van der Waals surface area (Å²) in [6.45, 7) is 7.38. The molecule has 0 unspecified atom stereocenters. The predicted molar refractivity (Wildman–Crippen MR) is 68.9 cm³/mol.